The van der Waals surface area contributed by atoms with E-state index in [0.29, 0.717) is 6.61 Å². The highest BCUT2D eigenvalue weighted by Gasteiger charge is 2.31. The summed E-state index contributed by atoms with van der Waals surface area (Å²) in [5.74, 6) is 0. The van der Waals surface area contributed by atoms with E-state index >= 15 is 0 Å². The molecule has 1 fully saturated rings. The van der Waals surface area contributed by atoms with E-state index in [9.17, 15) is 4.79 Å². The molecule has 0 aromatic rings. The zero-order valence-corrected chi connectivity index (χ0v) is 6.93. The molecule has 0 spiro atoms. The maximum Gasteiger partial charge on any atom is 0.151 e. The van der Waals surface area contributed by atoms with Crippen molar-refractivity contribution in [3.8, 4) is 0 Å². The Labute approximate surface area is 67.1 Å². The number of carbonyl (C=O) groups is 1. The minimum Gasteiger partial charge on any atom is -0.368 e. The Balaban J connectivity index is 2.49. The Morgan fingerprint density at radius 2 is 2.18 bits per heavy atom. The van der Waals surface area contributed by atoms with Crippen molar-refractivity contribution in [2.75, 3.05) is 19.7 Å². The standard InChI is InChI=1S/C8H15NO2/c1-2-11-8(7-10)3-5-9-6-4-8/h7,9H,2-6H2,1H3. The molecule has 0 aliphatic carbocycles. The van der Waals surface area contributed by atoms with Crippen LogP contribution in [0.5, 0.6) is 0 Å². The van der Waals surface area contributed by atoms with E-state index in [0.717, 1.165) is 32.2 Å². The lowest BCUT2D eigenvalue weighted by atomic mass is 9.94. The largest absolute Gasteiger partial charge is 0.368 e. The van der Waals surface area contributed by atoms with Crippen molar-refractivity contribution in [2.24, 2.45) is 0 Å². The molecule has 0 atom stereocenters. The zero-order chi connectivity index (χ0) is 8.16. The minimum atomic E-state index is -0.472. The molecule has 11 heavy (non-hydrogen) atoms. The summed E-state index contributed by atoms with van der Waals surface area (Å²) >= 11 is 0. The highest BCUT2D eigenvalue weighted by atomic mass is 16.5. The lowest BCUT2D eigenvalue weighted by molar-refractivity contribution is -0.134. The van der Waals surface area contributed by atoms with Gasteiger partial charge in [-0.15, -0.1) is 0 Å². The maximum absolute atomic E-state index is 10.7. The van der Waals surface area contributed by atoms with E-state index in [1.807, 2.05) is 6.92 Å². The quantitative estimate of drug-likeness (QED) is 0.600. The Morgan fingerprint density at radius 1 is 1.55 bits per heavy atom. The third kappa shape index (κ3) is 2.01. The Kier molecular flexibility index (Phi) is 3.02. The van der Waals surface area contributed by atoms with Crippen LogP contribution in [0.4, 0.5) is 0 Å². The third-order valence-corrected chi connectivity index (χ3v) is 2.10. The number of ether oxygens (including phenoxy) is 1. The number of aldehydes is 1. The molecule has 1 saturated heterocycles. The molecule has 3 heteroatoms. The summed E-state index contributed by atoms with van der Waals surface area (Å²) in [4.78, 5) is 10.7. The van der Waals surface area contributed by atoms with Crippen LogP contribution >= 0.6 is 0 Å². The Hall–Kier alpha value is -0.410. The number of hydrogen-bond donors (Lipinski definition) is 1. The first kappa shape index (κ1) is 8.68. The molecule has 1 aliphatic heterocycles. The van der Waals surface area contributed by atoms with Crippen LogP contribution in [-0.4, -0.2) is 31.6 Å². The molecule has 64 valence electrons. The van der Waals surface area contributed by atoms with Crippen molar-refractivity contribution in [1.82, 2.24) is 5.32 Å². The maximum atomic E-state index is 10.7. The molecule has 0 unspecified atom stereocenters. The summed E-state index contributed by atoms with van der Waals surface area (Å²) in [6.07, 6.45) is 2.58. The number of rotatable bonds is 3. The van der Waals surface area contributed by atoms with Crippen LogP contribution in [0.3, 0.4) is 0 Å². The van der Waals surface area contributed by atoms with Crippen LogP contribution in [0.2, 0.25) is 0 Å². The lowest BCUT2D eigenvalue weighted by Gasteiger charge is -2.31. The summed E-state index contributed by atoms with van der Waals surface area (Å²) in [5.41, 5.74) is -0.472. The second kappa shape index (κ2) is 3.83. The highest BCUT2D eigenvalue weighted by Crippen LogP contribution is 2.19. The first-order valence-corrected chi connectivity index (χ1v) is 4.14. The fourth-order valence-electron chi connectivity index (χ4n) is 1.43. The van der Waals surface area contributed by atoms with Crippen molar-refractivity contribution < 1.29 is 9.53 Å². The second-order valence-electron chi connectivity index (χ2n) is 2.87. The van der Waals surface area contributed by atoms with Gasteiger partial charge in [0.05, 0.1) is 0 Å². The predicted octanol–water partition coefficient (Wildman–Crippen LogP) is 0.344. The molecule has 0 radical (unpaired) electrons. The second-order valence-corrected chi connectivity index (χ2v) is 2.87. The molecule has 1 heterocycles. The van der Waals surface area contributed by atoms with Gasteiger partial charge in [-0.1, -0.05) is 0 Å². The molecule has 0 saturated carbocycles. The van der Waals surface area contributed by atoms with E-state index in [1.165, 1.54) is 0 Å². The van der Waals surface area contributed by atoms with Gasteiger partial charge in [-0.3, -0.25) is 0 Å². The summed E-state index contributed by atoms with van der Waals surface area (Å²) in [7, 11) is 0. The summed E-state index contributed by atoms with van der Waals surface area (Å²) in [6.45, 7) is 4.32. The van der Waals surface area contributed by atoms with E-state index in [4.69, 9.17) is 4.74 Å². The Bertz CT molecular complexity index is 125. The summed E-state index contributed by atoms with van der Waals surface area (Å²) < 4.78 is 5.41. The van der Waals surface area contributed by atoms with Gasteiger partial charge >= 0.3 is 0 Å². The van der Waals surface area contributed by atoms with Crippen LogP contribution in [0.15, 0.2) is 0 Å². The smallest absolute Gasteiger partial charge is 0.151 e. The highest BCUT2D eigenvalue weighted by molar-refractivity contribution is 5.62. The predicted molar refractivity (Wildman–Crippen MR) is 42.5 cm³/mol. The van der Waals surface area contributed by atoms with Crippen LogP contribution in [0.1, 0.15) is 19.8 Å². The molecule has 3 nitrogen and oxygen atoms in total. The van der Waals surface area contributed by atoms with Gasteiger partial charge in [-0.05, 0) is 32.9 Å². The van der Waals surface area contributed by atoms with Gasteiger partial charge in [0, 0.05) is 6.61 Å². The summed E-state index contributed by atoms with van der Waals surface area (Å²) in [6, 6.07) is 0. The van der Waals surface area contributed by atoms with Gasteiger partial charge in [0.15, 0.2) is 6.29 Å². The molecular formula is C8H15NO2. The van der Waals surface area contributed by atoms with Crippen LogP contribution in [0.25, 0.3) is 0 Å². The zero-order valence-electron chi connectivity index (χ0n) is 6.93. The third-order valence-electron chi connectivity index (χ3n) is 2.10. The molecule has 1 rings (SSSR count). The average Bonchev–Trinajstić information content (AvgIpc) is 2.07. The van der Waals surface area contributed by atoms with Crippen molar-refractivity contribution >= 4 is 6.29 Å². The molecule has 1 aliphatic rings. The fourth-order valence-corrected chi connectivity index (χ4v) is 1.43. The van der Waals surface area contributed by atoms with Crippen molar-refractivity contribution in [3.05, 3.63) is 0 Å². The number of piperidine rings is 1. The van der Waals surface area contributed by atoms with Gasteiger partial charge < -0.3 is 14.8 Å². The molecular weight excluding hydrogens is 142 g/mol. The lowest BCUT2D eigenvalue weighted by Crippen LogP contribution is -2.45. The average molecular weight is 157 g/mol. The van der Waals surface area contributed by atoms with Crippen LogP contribution in [0, 0.1) is 0 Å². The van der Waals surface area contributed by atoms with Crippen molar-refractivity contribution in [1.29, 1.82) is 0 Å². The van der Waals surface area contributed by atoms with E-state index in [2.05, 4.69) is 5.32 Å². The summed E-state index contributed by atoms with van der Waals surface area (Å²) in [5, 5.41) is 3.19. The SMILES string of the molecule is CCOC1(C=O)CCNCC1. The van der Waals surface area contributed by atoms with Crippen LogP contribution in [-0.2, 0) is 9.53 Å². The van der Waals surface area contributed by atoms with Crippen LogP contribution < -0.4 is 5.32 Å². The van der Waals surface area contributed by atoms with Gasteiger partial charge in [0.1, 0.15) is 5.60 Å². The Morgan fingerprint density at radius 3 is 2.64 bits per heavy atom. The molecule has 0 aromatic heterocycles. The van der Waals surface area contributed by atoms with Gasteiger partial charge in [-0.25, -0.2) is 0 Å². The van der Waals surface area contributed by atoms with E-state index < -0.39 is 5.60 Å². The monoisotopic (exact) mass is 157 g/mol. The van der Waals surface area contributed by atoms with Gasteiger partial charge in [-0.2, -0.15) is 0 Å². The first-order valence-electron chi connectivity index (χ1n) is 4.14. The minimum absolute atomic E-state index is 0.472. The first-order chi connectivity index (χ1) is 5.33. The normalized spacial score (nSPS) is 23.0. The van der Waals surface area contributed by atoms with E-state index in [1.54, 1.807) is 0 Å². The molecule has 1 N–H and O–H groups in total. The molecule has 0 amide bonds. The topological polar surface area (TPSA) is 38.3 Å². The van der Waals surface area contributed by atoms with Crippen molar-refractivity contribution in [3.63, 3.8) is 0 Å². The molecule has 0 aromatic carbocycles. The number of carbonyl (C=O) groups excluding carboxylic acids is 1. The van der Waals surface area contributed by atoms with E-state index in [-0.39, 0.29) is 0 Å². The molecule has 0 bridgehead atoms. The van der Waals surface area contributed by atoms with Gasteiger partial charge in [0.2, 0.25) is 0 Å². The van der Waals surface area contributed by atoms with Crippen molar-refractivity contribution in [2.45, 2.75) is 25.4 Å². The van der Waals surface area contributed by atoms with Gasteiger partial charge in [0.25, 0.3) is 0 Å². The number of hydrogen-bond acceptors (Lipinski definition) is 3. The fraction of sp³-hybridized carbons (Fsp3) is 0.875. The number of nitrogens with one attached hydrogen (secondary N) is 1.